The van der Waals surface area contributed by atoms with Crippen molar-refractivity contribution in [2.45, 2.75) is 0 Å². The summed E-state index contributed by atoms with van der Waals surface area (Å²) >= 11 is 0. The predicted octanol–water partition coefficient (Wildman–Crippen LogP) is 2.54. The second-order valence-electron chi connectivity index (χ2n) is 3.79. The molecule has 0 unspecified atom stereocenters. The summed E-state index contributed by atoms with van der Waals surface area (Å²) in [4.78, 5) is 8.16. The average Bonchev–Trinajstić information content (AvgIpc) is 2.83. The molecule has 2 aromatic heterocycles. The van der Waals surface area contributed by atoms with Crippen LogP contribution < -0.4 is 4.74 Å². The van der Waals surface area contributed by atoms with Crippen molar-refractivity contribution in [2.24, 2.45) is 0 Å². The topological polar surface area (TPSA) is 39.4 Å². The number of hydrogen-bond acceptors (Lipinski definition) is 3. The molecule has 4 nitrogen and oxygen atoms in total. The van der Waals surface area contributed by atoms with Gasteiger partial charge in [0.15, 0.2) is 5.65 Å². The Hall–Kier alpha value is -2.43. The SMILES string of the molecule is COc1ccc(F)c(-c2cnc3cnccn23)c1. The third kappa shape index (κ3) is 1.60. The van der Waals surface area contributed by atoms with E-state index in [4.69, 9.17) is 4.74 Å². The maximum atomic E-state index is 13.9. The molecule has 0 aliphatic heterocycles. The van der Waals surface area contributed by atoms with Gasteiger partial charge in [0, 0.05) is 18.0 Å². The fourth-order valence-corrected chi connectivity index (χ4v) is 1.87. The molecule has 18 heavy (non-hydrogen) atoms. The molecular weight excluding hydrogens is 233 g/mol. The molecular formula is C13H10FN3O. The van der Waals surface area contributed by atoms with Gasteiger partial charge in [0.05, 0.1) is 25.2 Å². The molecule has 0 atom stereocenters. The van der Waals surface area contributed by atoms with Gasteiger partial charge in [0.25, 0.3) is 0 Å². The molecule has 3 aromatic rings. The van der Waals surface area contributed by atoms with Gasteiger partial charge < -0.3 is 4.74 Å². The van der Waals surface area contributed by atoms with Crippen molar-refractivity contribution in [3.63, 3.8) is 0 Å². The van der Waals surface area contributed by atoms with E-state index in [9.17, 15) is 4.39 Å². The third-order valence-electron chi connectivity index (χ3n) is 2.77. The molecule has 0 amide bonds. The predicted molar refractivity (Wildman–Crippen MR) is 64.9 cm³/mol. The minimum atomic E-state index is -0.311. The van der Waals surface area contributed by atoms with Gasteiger partial charge in [-0.05, 0) is 18.2 Å². The molecule has 0 radical (unpaired) electrons. The smallest absolute Gasteiger partial charge is 0.155 e. The molecule has 90 valence electrons. The highest BCUT2D eigenvalue weighted by Gasteiger charge is 2.11. The lowest BCUT2D eigenvalue weighted by atomic mass is 10.1. The molecule has 2 heterocycles. The highest BCUT2D eigenvalue weighted by atomic mass is 19.1. The van der Waals surface area contributed by atoms with Gasteiger partial charge in [-0.3, -0.25) is 9.38 Å². The summed E-state index contributed by atoms with van der Waals surface area (Å²) in [5.41, 5.74) is 1.80. The number of hydrogen-bond donors (Lipinski definition) is 0. The van der Waals surface area contributed by atoms with Crippen LogP contribution in [0.2, 0.25) is 0 Å². The van der Waals surface area contributed by atoms with E-state index in [0.717, 1.165) is 0 Å². The number of rotatable bonds is 2. The highest BCUT2D eigenvalue weighted by molar-refractivity contribution is 5.65. The Morgan fingerprint density at radius 3 is 3.00 bits per heavy atom. The van der Waals surface area contributed by atoms with Crippen LogP contribution in [0, 0.1) is 5.82 Å². The van der Waals surface area contributed by atoms with E-state index in [1.807, 2.05) is 0 Å². The van der Waals surface area contributed by atoms with E-state index in [2.05, 4.69) is 9.97 Å². The zero-order chi connectivity index (χ0) is 12.5. The Kier molecular flexibility index (Phi) is 2.44. The fraction of sp³-hybridized carbons (Fsp3) is 0.0769. The molecule has 0 saturated carbocycles. The lowest BCUT2D eigenvalue weighted by molar-refractivity contribution is 0.414. The lowest BCUT2D eigenvalue weighted by Crippen LogP contribution is -1.92. The van der Waals surface area contributed by atoms with Crippen LogP contribution in [0.1, 0.15) is 0 Å². The third-order valence-corrected chi connectivity index (χ3v) is 2.77. The normalized spacial score (nSPS) is 10.8. The largest absolute Gasteiger partial charge is 0.497 e. The molecule has 0 N–H and O–H groups in total. The molecule has 0 saturated heterocycles. The van der Waals surface area contributed by atoms with Crippen molar-refractivity contribution < 1.29 is 9.13 Å². The first-order chi connectivity index (χ1) is 8.79. The number of aromatic nitrogens is 3. The molecule has 5 heteroatoms. The zero-order valence-corrected chi connectivity index (χ0v) is 9.67. The van der Waals surface area contributed by atoms with Crippen LogP contribution in [-0.2, 0) is 0 Å². The van der Waals surface area contributed by atoms with E-state index >= 15 is 0 Å². The second-order valence-corrected chi connectivity index (χ2v) is 3.79. The lowest BCUT2D eigenvalue weighted by Gasteiger charge is -2.06. The van der Waals surface area contributed by atoms with E-state index < -0.39 is 0 Å². The van der Waals surface area contributed by atoms with Crippen molar-refractivity contribution in [3.8, 4) is 17.0 Å². The first kappa shape index (κ1) is 10.7. The Morgan fingerprint density at radius 2 is 2.17 bits per heavy atom. The van der Waals surface area contributed by atoms with Gasteiger partial charge in [-0.15, -0.1) is 0 Å². The molecule has 0 spiro atoms. The van der Waals surface area contributed by atoms with Gasteiger partial charge >= 0.3 is 0 Å². The van der Waals surface area contributed by atoms with Gasteiger partial charge in [-0.2, -0.15) is 0 Å². The molecule has 0 fully saturated rings. The number of nitrogens with zero attached hydrogens (tertiary/aromatic N) is 3. The Balaban J connectivity index is 2.25. The van der Waals surface area contributed by atoms with E-state index in [1.54, 1.807) is 48.4 Å². The molecule has 3 rings (SSSR count). The van der Waals surface area contributed by atoms with Crippen molar-refractivity contribution in [3.05, 3.63) is 48.8 Å². The molecule has 1 aromatic carbocycles. The summed E-state index contributed by atoms with van der Waals surface area (Å²) in [5.74, 6) is 0.296. The van der Waals surface area contributed by atoms with Crippen LogP contribution in [0.25, 0.3) is 16.9 Å². The van der Waals surface area contributed by atoms with Crippen molar-refractivity contribution >= 4 is 5.65 Å². The summed E-state index contributed by atoms with van der Waals surface area (Å²) in [6.07, 6.45) is 6.63. The van der Waals surface area contributed by atoms with E-state index in [0.29, 0.717) is 22.7 Å². The first-order valence-corrected chi connectivity index (χ1v) is 5.40. The summed E-state index contributed by atoms with van der Waals surface area (Å²) < 4.78 is 20.8. The summed E-state index contributed by atoms with van der Waals surface area (Å²) in [5, 5.41) is 0. The Morgan fingerprint density at radius 1 is 1.28 bits per heavy atom. The zero-order valence-electron chi connectivity index (χ0n) is 9.67. The fourth-order valence-electron chi connectivity index (χ4n) is 1.87. The molecule has 0 bridgehead atoms. The van der Waals surface area contributed by atoms with Crippen molar-refractivity contribution in [1.29, 1.82) is 0 Å². The molecule has 0 aliphatic rings. The Labute approximate surface area is 103 Å². The standard InChI is InChI=1S/C13H10FN3O/c1-18-9-2-3-11(14)10(6-9)12-7-16-13-8-15-4-5-17(12)13/h2-8H,1H3. The summed E-state index contributed by atoms with van der Waals surface area (Å²) in [6.45, 7) is 0. The van der Waals surface area contributed by atoms with Crippen LogP contribution in [-0.4, -0.2) is 21.5 Å². The van der Waals surface area contributed by atoms with Crippen LogP contribution in [0.4, 0.5) is 4.39 Å². The number of imidazole rings is 1. The second kappa shape index (κ2) is 4.10. The number of methoxy groups -OCH3 is 1. The molecule has 0 aliphatic carbocycles. The van der Waals surface area contributed by atoms with Crippen molar-refractivity contribution in [1.82, 2.24) is 14.4 Å². The highest BCUT2D eigenvalue weighted by Crippen LogP contribution is 2.27. The number of fused-ring (bicyclic) bond motifs is 1. The minimum absolute atomic E-state index is 0.311. The van der Waals surface area contributed by atoms with Crippen LogP contribution in [0.15, 0.2) is 43.0 Å². The number of ether oxygens (including phenoxy) is 1. The quantitative estimate of drug-likeness (QED) is 0.694. The maximum Gasteiger partial charge on any atom is 0.155 e. The Bertz CT molecular complexity index is 708. The first-order valence-electron chi connectivity index (χ1n) is 5.40. The average molecular weight is 243 g/mol. The van der Waals surface area contributed by atoms with Crippen molar-refractivity contribution in [2.75, 3.05) is 7.11 Å². The number of benzene rings is 1. The van der Waals surface area contributed by atoms with Gasteiger partial charge in [-0.1, -0.05) is 0 Å². The van der Waals surface area contributed by atoms with Gasteiger partial charge in [-0.25, -0.2) is 9.37 Å². The van der Waals surface area contributed by atoms with Gasteiger partial charge in [0.1, 0.15) is 11.6 Å². The van der Waals surface area contributed by atoms with Crippen LogP contribution in [0.5, 0.6) is 5.75 Å². The minimum Gasteiger partial charge on any atom is -0.497 e. The van der Waals surface area contributed by atoms with Gasteiger partial charge in [0.2, 0.25) is 0 Å². The monoisotopic (exact) mass is 243 g/mol. The van der Waals surface area contributed by atoms with E-state index in [1.165, 1.54) is 6.07 Å². The van der Waals surface area contributed by atoms with Crippen LogP contribution >= 0.6 is 0 Å². The van der Waals surface area contributed by atoms with E-state index in [-0.39, 0.29) is 5.82 Å². The summed E-state index contributed by atoms with van der Waals surface area (Å²) in [7, 11) is 1.55. The maximum absolute atomic E-state index is 13.9. The summed E-state index contributed by atoms with van der Waals surface area (Å²) in [6, 6.07) is 4.62. The van der Waals surface area contributed by atoms with Crippen LogP contribution in [0.3, 0.4) is 0 Å². The number of halogens is 1.